The zero-order valence-corrected chi connectivity index (χ0v) is 21.9. The van der Waals surface area contributed by atoms with Crippen LogP contribution in [0.1, 0.15) is 18.4 Å². The molecule has 0 aliphatic carbocycles. The van der Waals surface area contributed by atoms with Gasteiger partial charge in [0.1, 0.15) is 5.15 Å². The van der Waals surface area contributed by atoms with Crippen LogP contribution in [0.3, 0.4) is 0 Å². The third kappa shape index (κ3) is 5.47. The van der Waals surface area contributed by atoms with E-state index >= 15 is 0 Å². The highest BCUT2D eigenvalue weighted by Crippen LogP contribution is 2.41. The molecule has 1 fully saturated rings. The van der Waals surface area contributed by atoms with Gasteiger partial charge in [-0.3, -0.25) is 4.79 Å². The average Bonchev–Trinajstić information content (AvgIpc) is 3.26. The molecule has 2 aromatic heterocycles. The van der Waals surface area contributed by atoms with E-state index in [2.05, 4.69) is 15.3 Å². The number of carboxylic acid groups (broad SMARTS) is 1. The molecule has 0 radical (unpaired) electrons. The molecule has 1 aromatic carbocycles. The molecule has 188 valence electrons. The zero-order chi connectivity index (χ0) is 26.0. The van der Waals surface area contributed by atoms with Gasteiger partial charge in [-0.25, -0.2) is 14.8 Å². The van der Waals surface area contributed by atoms with Crippen LogP contribution in [0, 0.1) is 0 Å². The third-order valence-corrected chi connectivity index (χ3v) is 7.29. The molecule has 2 N–H and O–H groups in total. The minimum absolute atomic E-state index is 0.0735. The molecule has 2 amide bonds. The van der Waals surface area contributed by atoms with E-state index in [9.17, 15) is 14.7 Å². The second-order valence-corrected chi connectivity index (χ2v) is 9.59. The minimum atomic E-state index is -1.15. The number of methoxy groups -OCH3 is 1. The molecule has 1 aliphatic heterocycles. The van der Waals surface area contributed by atoms with Gasteiger partial charge >= 0.3 is 6.09 Å². The van der Waals surface area contributed by atoms with E-state index in [1.165, 1.54) is 18.2 Å². The van der Waals surface area contributed by atoms with Crippen LogP contribution in [0.25, 0.3) is 22.4 Å². The van der Waals surface area contributed by atoms with Gasteiger partial charge in [0.25, 0.3) is 0 Å². The summed E-state index contributed by atoms with van der Waals surface area (Å²) in [4.78, 5) is 33.1. The summed E-state index contributed by atoms with van der Waals surface area (Å²) in [6.07, 6.45) is 1.31. The quantitative estimate of drug-likeness (QED) is 0.329. The summed E-state index contributed by atoms with van der Waals surface area (Å²) in [7, 11) is 1.42. The van der Waals surface area contributed by atoms with Crippen molar-refractivity contribution >= 4 is 58.4 Å². The monoisotopic (exact) mass is 568 g/mol. The Morgan fingerprint density at radius 2 is 1.89 bits per heavy atom. The van der Waals surface area contributed by atoms with Crippen molar-refractivity contribution in [1.82, 2.24) is 20.2 Å². The Bertz CT molecular complexity index is 1340. The van der Waals surface area contributed by atoms with Gasteiger partial charge in [0.15, 0.2) is 0 Å². The lowest BCUT2D eigenvalue weighted by atomic mass is 10.0. The number of halogens is 4. The standard InChI is InChI=1S/C24H20Cl4N4O4/c1-36-23-16(11-32(24(34)35)10-12-5-6-19(33)30-12)17(25)9-18(31-23)15-4-2-3-13(20(15)26)14-7-8-29-22(28)21(14)27/h2-4,7-9,12H,5-6,10-11H2,1H3,(H,30,33)(H,34,35). The maximum atomic E-state index is 11.9. The van der Waals surface area contributed by atoms with Crippen LogP contribution >= 0.6 is 46.4 Å². The zero-order valence-electron chi connectivity index (χ0n) is 18.9. The summed E-state index contributed by atoms with van der Waals surface area (Å²) < 4.78 is 5.47. The summed E-state index contributed by atoms with van der Waals surface area (Å²) in [5, 5.41) is 13.5. The van der Waals surface area contributed by atoms with Crippen LogP contribution in [0.2, 0.25) is 20.2 Å². The van der Waals surface area contributed by atoms with Crippen LogP contribution in [-0.2, 0) is 11.3 Å². The van der Waals surface area contributed by atoms with Gasteiger partial charge in [0, 0.05) is 41.9 Å². The number of nitrogens with zero attached hydrogens (tertiary/aromatic N) is 3. The molecular weight excluding hydrogens is 550 g/mol. The number of hydrogen-bond donors (Lipinski definition) is 2. The van der Waals surface area contributed by atoms with Crippen LogP contribution in [-0.4, -0.2) is 51.7 Å². The van der Waals surface area contributed by atoms with E-state index in [4.69, 9.17) is 51.1 Å². The Balaban J connectivity index is 1.69. The number of benzene rings is 1. The first-order valence-corrected chi connectivity index (χ1v) is 12.3. The molecule has 1 aliphatic rings. The molecule has 3 aromatic rings. The molecule has 4 rings (SSSR count). The highest BCUT2D eigenvalue weighted by molar-refractivity contribution is 6.44. The number of rotatable bonds is 7. The second-order valence-electron chi connectivity index (χ2n) is 8.07. The van der Waals surface area contributed by atoms with Crippen LogP contribution in [0.5, 0.6) is 5.88 Å². The van der Waals surface area contributed by atoms with Crippen LogP contribution in [0.15, 0.2) is 36.5 Å². The lowest BCUT2D eigenvalue weighted by molar-refractivity contribution is -0.119. The van der Waals surface area contributed by atoms with E-state index in [1.807, 2.05) is 0 Å². The highest BCUT2D eigenvalue weighted by atomic mass is 35.5. The maximum absolute atomic E-state index is 11.9. The van der Waals surface area contributed by atoms with Gasteiger partial charge in [-0.1, -0.05) is 64.6 Å². The normalized spacial score (nSPS) is 15.0. The predicted molar refractivity (Wildman–Crippen MR) is 139 cm³/mol. The summed E-state index contributed by atoms with van der Waals surface area (Å²) in [5.41, 5.74) is 2.61. The Kier molecular flexibility index (Phi) is 8.10. The minimum Gasteiger partial charge on any atom is -0.481 e. The second kappa shape index (κ2) is 11.1. The SMILES string of the molecule is COc1nc(-c2cccc(-c3ccnc(Cl)c3Cl)c2Cl)cc(Cl)c1CN(CC1CCC(=O)N1)C(=O)O. The molecule has 0 spiro atoms. The van der Waals surface area contributed by atoms with Crippen molar-refractivity contribution in [3.05, 3.63) is 62.3 Å². The maximum Gasteiger partial charge on any atom is 0.407 e. The number of aromatic nitrogens is 2. The summed E-state index contributed by atoms with van der Waals surface area (Å²) in [6.45, 7) is 0.0430. The lowest BCUT2D eigenvalue weighted by Gasteiger charge is -2.24. The van der Waals surface area contributed by atoms with E-state index in [-0.39, 0.29) is 46.1 Å². The number of hydrogen-bond acceptors (Lipinski definition) is 5. The summed E-state index contributed by atoms with van der Waals surface area (Å²) in [6, 6.07) is 8.40. The highest BCUT2D eigenvalue weighted by Gasteiger charge is 2.27. The first kappa shape index (κ1) is 26.3. The van der Waals surface area contributed by atoms with Crippen molar-refractivity contribution in [1.29, 1.82) is 0 Å². The fraction of sp³-hybridized carbons (Fsp3) is 0.250. The van der Waals surface area contributed by atoms with E-state index in [0.29, 0.717) is 45.8 Å². The van der Waals surface area contributed by atoms with Gasteiger partial charge in [-0.15, -0.1) is 0 Å². The number of pyridine rings is 2. The van der Waals surface area contributed by atoms with Crippen LogP contribution in [0.4, 0.5) is 4.79 Å². The van der Waals surface area contributed by atoms with Crippen molar-refractivity contribution in [3.63, 3.8) is 0 Å². The first-order valence-electron chi connectivity index (χ1n) is 10.8. The number of amides is 2. The van der Waals surface area contributed by atoms with Crippen molar-refractivity contribution in [3.8, 4) is 28.3 Å². The van der Waals surface area contributed by atoms with Crippen molar-refractivity contribution in [2.24, 2.45) is 0 Å². The summed E-state index contributed by atoms with van der Waals surface area (Å²) >= 11 is 25.8. The molecule has 3 heterocycles. The van der Waals surface area contributed by atoms with Gasteiger partial charge in [0.2, 0.25) is 11.8 Å². The van der Waals surface area contributed by atoms with Crippen molar-refractivity contribution in [2.45, 2.75) is 25.4 Å². The molecular formula is C24H20Cl4N4O4. The molecule has 1 atom stereocenters. The molecule has 1 unspecified atom stereocenters. The van der Waals surface area contributed by atoms with Crippen LogP contribution < -0.4 is 10.1 Å². The largest absolute Gasteiger partial charge is 0.481 e. The number of ether oxygens (including phenoxy) is 1. The molecule has 8 nitrogen and oxygen atoms in total. The molecule has 36 heavy (non-hydrogen) atoms. The number of carbonyl (C=O) groups excluding carboxylic acids is 1. The fourth-order valence-corrected chi connectivity index (χ4v) is 4.95. The Morgan fingerprint density at radius 1 is 1.17 bits per heavy atom. The van der Waals surface area contributed by atoms with Crippen molar-refractivity contribution < 1.29 is 19.4 Å². The molecule has 12 heteroatoms. The molecule has 0 saturated carbocycles. The average molecular weight is 570 g/mol. The fourth-order valence-electron chi connectivity index (χ4n) is 4.01. The van der Waals surface area contributed by atoms with E-state index < -0.39 is 6.09 Å². The Labute approximate surface area is 227 Å². The van der Waals surface area contributed by atoms with E-state index in [1.54, 1.807) is 30.3 Å². The molecule has 1 saturated heterocycles. The van der Waals surface area contributed by atoms with Crippen molar-refractivity contribution in [2.75, 3.05) is 13.7 Å². The number of carbonyl (C=O) groups is 2. The molecule has 0 bridgehead atoms. The van der Waals surface area contributed by atoms with E-state index in [0.717, 1.165) is 0 Å². The number of nitrogens with one attached hydrogen (secondary N) is 1. The topological polar surface area (TPSA) is 105 Å². The first-order chi connectivity index (χ1) is 17.2. The third-order valence-electron chi connectivity index (χ3n) is 5.78. The van der Waals surface area contributed by atoms with Gasteiger partial charge < -0.3 is 20.1 Å². The summed E-state index contributed by atoms with van der Waals surface area (Å²) in [5.74, 6) is 0.0621. The Hall–Kier alpha value is -2.78. The predicted octanol–water partition coefficient (Wildman–Crippen LogP) is 6.19. The van der Waals surface area contributed by atoms with Gasteiger partial charge in [-0.05, 0) is 18.6 Å². The smallest absolute Gasteiger partial charge is 0.407 e. The lowest BCUT2D eigenvalue weighted by Crippen LogP contribution is -2.41. The van der Waals surface area contributed by atoms with Gasteiger partial charge in [0.05, 0.1) is 40.0 Å². The Morgan fingerprint density at radius 3 is 2.56 bits per heavy atom. The van der Waals surface area contributed by atoms with Gasteiger partial charge in [-0.2, -0.15) is 0 Å².